The first-order valence-corrected chi connectivity index (χ1v) is 6.87. The molecule has 0 saturated heterocycles. The molecule has 0 aromatic carbocycles. The Morgan fingerprint density at radius 3 is 2.42 bits per heavy atom. The maximum absolute atomic E-state index is 12.3. The minimum atomic E-state index is -0.703. The summed E-state index contributed by atoms with van der Waals surface area (Å²) >= 11 is 0. The molecule has 19 heavy (non-hydrogen) atoms. The number of aryl methyl sites for hydroxylation is 2. The van der Waals surface area contributed by atoms with E-state index in [1.165, 1.54) is 0 Å². The Balaban J connectivity index is 2.16. The van der Waals surface area contributed by atoms with E-state index in [1.54, 1.807) is 13.0 Å². The van der Waals surface area contributed by atoms with Crippen molar-refractivity contribution in [1.82, 2.24) is 5.32 Å². The molecule has 0 spiro atoms. The number of carbonyl (C=O) groups is 1. The molecule has 4 heteroatoms. The van der Waals surface area contributed by atoms with Crippen LogP contribution in [0.1, 0.15) is 60.4 Å². The van der Waals surface area contributed by atoms with Gasteiger partial charge in [0.15, 0.2) is 0 Å². The Morgan fingerprint density at radius 2 is 1.95 bits per heavy atom. The average molecular weight is 260 g/mol. The van der Waals surface area contributed by atoms with Gasteiger partial charge in [-0.3, -0.25) is 4.79 Å². The van der Waals surface area contributed by atoms with Crippen LogP contribution in [-0.2, 0) is 0 Å². The first-order chi connectivity index (χ1) is 9.06. The van der Waals surface area contributed by atoms with Crippen molar-refractivity contribution in [2.75, 3.05) is 0 Å². The van der Waals surface area contributed by atoms with Crippen LogP contribution in [0.15, 0.2) is 10.5 Å². The number of nitrogens with one attached hydrogen (secondary N) is 1. The molecule has 1 aliphatic carbocycles. The van der Waals surface area contributed by atoms with Crippen molar-refractivity contribution in [2.24, 2.45) is 0 Å². The van der Waals surface area contributed by atoms with Crippen molar-refractivity contribution in [2.45, 2.75) is 57.9 Å². The molecule has 102 valence electrons. The van der Waals surface area contributed by atoms with Crippen molar-refractivity contribution in [3.8, 4) is 6.07 Å². The lowest BCUT2D eigenvalue weighted by Crippen LogP contribution is -2.47. The topological polar surface area (TPSA) is 66.0 Å². The average Bonchev–Trinajstić information content (AvgIpc) is 2.60. The highest BCUT2D eigenvalue weighted by Crippen LogP contribution is 2.27. The predicted molar refractivity (Wildman–Crippen MR) is 71.7 cm³/mol. The third-order valence-electron chi connectivity index (χ3n) is 3.81. The van der Waals surface area contributed by atoms with Crippen LogP contribution in [-0.4, -0.2) is 11.4 Å². The van der Waals surface area contributed by atoms with Gasteiger partial charge in [-0.15, -0.1) is 0 Å². The van der Waals surface area contributed by atoms with Gasteiger partial charge in [-0.2, -0.15) is 5.26 Å². The zero-order chi connectivity index (χ0) is 13.9. The molecule has 0 unspecified atom stereocenters. The van der Waals surface area contributed by atoms with E-state index in [-0.39, 0.29) is 5.91 Å². The van der Waals surface area contributed by atoms with Gasteiger partial charge in [-0.05, 0) is 32.8 Å². The normalized spacial score (nSPS) is 18.4. The van der Waals surface area contributed by atoms with E-state index >= 15 is 0 Å². The minimum Gasteiger partial charge on any atom is -0.466 e. The molecule has 2 rings (SSSR count). The smallest absolute Gasteiger partial charge is 0.256 e. The van der Waals surface area contributed by atoms with Crippen molar-refractivity contribution >= 4 is 5.91 Å². The monoisotopic (exact) mass is 260 g/mol. The number of nitriles is 1. The van der Waals surface area contributed by atoms with Gasteiger partial charge >= 0.3 is 0 Å². The molecule has 0 atom stereocenters. The van der Waals surface area contributed by atoms with E-state index < -0.39 is 5.54 Å². The van der Waals surface area contributed by atoms with Crippen LogP contribution in [0.25, 0.3) is 0 Å². The highest BCUT2D eigenvalue weighted by molar-refractivity contribution is 5.96. The fourth-order valence-corrected chi connectivity index (χ4v) is 2.74. The van der Waals surface area contributed by atoms with E-state index in [1.807, 2.05) is 6.92 Å². The number of furan rings is 1. The van der Waals surface area contributed by atoms with E-state index in [0.29, 0.717) is 11.3 Å². The Kier molecular flexibility index (Phi) is 3.94. The van der Waals surface area contributed by atoms with E-state index in [9.17, 15) is 10.1 Å². The molecule has 0 radical (unpaired) electrons. The lowest BCUT2D eigenvalue weighted by molar-refractivity contribution is 0.0911. The van der Waals surface area contributed by atoms with Crippen LogP contribution in [0.2, 0.25) is 0 Å². The minimum absolute atomic E-state index is 0.196. The Hall–Kier alpha value is -1.76. The summed E-state index contributed by atoms with van der Waals surface area (Å²) < 4.78 is 5.37. The molecule has 1 saturated carbocycles. The summed E-state index contributed by atoms with van der Waals surface area (Å²) in [6, 6.07) is 4.05. The largest absolute Gasteiger partial charge is 0.466 e. The zero-order valence-corrected chi connectivity index (χ0v) is 11.6. The van der Waals surface area contributed by atoms with Crippen molar-refractivity contribution in [3.63, 3.8) is 0 Å². The highest BCUT2D eigenvalue weighted by Gasteiger charge is 2.33. The van der Waals surface area contributed by atoms with Crippen LogP contribution in [0.4, 0.5) is 0 Å². The highest BCUT2D eigenvalue weighted by atomic mass is 16.3. The molecule has 1 N–H and O–H groups in total. The number of rotatable bonds is 2. The van der Waals surface area contributed by atoms with Gasteiger partial charge in [-0.1, -0.05) is 25.7 Å². The second-order valence-corrected chi connectivity index (χ2v) is 5.39. The summed E-state index contributed by atoms with van der Waals surface area (Å²) in [5.74, 6) is 1.13. The molecule has 0 bridgehead atoms. The zero-order valence-electron chi connectivity index (χ0n) is 11.6. The second-order valence-electron chi connectivity index (χ2n) is 5.39. The quantitative estimate of drug-likeness (QED) is 0.830. The molecular formula is C15H20N2O2. The van der Waals surface area contributed by atoms with Crippen LogP contribution in [0.3, 0.4) is 0 Å². The second kappa shape index (κ2) is 5.48. The third-order valence-corrected chi connectivity index (χ3v) is 3.81. The van der Waals surface area contributed by atoms with Gasteiger partial charge < -0.3 is 9.73 Å². The Labute approximate surface area is 113 Å². The van der Waals surface area contributed by atoms with Gasteiger partial charge in [0.05, 0.1) is 11.6 Å². The molecule has 1 aromatic heterocycles. The number of hydrogen-bond acceptors (Lipinski definition) is 3. The maximum atomic E-state index is 12.3. The fourth-order valence-electron chi connectivity index (χ4n) is 2.74. The van der Waals surface area contributed by atoms with Crippen LogP contribution in [0, 0.1) is 25.2 Å². The summed E-state index contributed by atoms with van der Waals surface area (Å²) in [6.45, 7) is 3.59. The van der Waals surface area contributed by atoms with Gasteiger partial charge in [-0.25, -0.2) is 0 Å². The van der Waals surface area contributed by atoms with Gasteiger partial charge in [0.1, 0.15) is 17.1 Å². The lowest BCUT2D eigenvalue weighted by atomic mass is 9.91. The molecule has 1 aromatic rings. The number of nitrogens with zero attached hydrogens (tertiary/aromatic N) is 1. The van der Waals surface area contributed by atoms with E-state index in [4.69, 9.17) is 4.42 Å². The van der Waals surface area contributed by atoms with Crippen LogP contribution in [0.5, 0.6) is 0 Å². The van der Waals surface area contributed by atoms with Crippen molar-refractivity contribution in [3.05, 3.63) is 23.2 Å². The maximum Gasteiger partial charge on any atom is 0.256 e. The molecule has 1 heterocycles. The Morgan fingerprint density at radius 1 is 1.32 bits per heavy atom. The molecule has 1 fully saturated rings. The third kappa shape index (κ3) is 2.98. The Bertz CT molecular complexity index is 503. The first-order valence-electron chi connectivity index (χ1n) is 6.87. The van der Waals surface area contributed by atoms with Crippen LogP contribution < -0.4 is 5.32 Å². The fraction of sp³-hybridized carbons (Fsp3) is 0.600. The van der Waals surface area contributed by atoms with Gasteiger partial charge in [0, 0.05) is 0 Å². The van der Waals surface area contributed by atoms with Crippen molar-refractivity contribution in [1.29, 1.82) is 5.26 Å². The van der Waals surface area contributed by atoms with Crippen LogP contribution >= 0.6 is 0 Å². The molecule has 1 aliphatic rings. The summed E-state index contributed by atoms with van der Waals surface area (Å²) in [5, 5.41) is 12.4. The standard InChI is InChI=1S/C15H20N2O2/c1-11-9-13(12(2)19-11)14(18)17-15(10-16)7-5-3-4-6-8-15/h9H,3-8H2,1-2H3,(H,17,18). The summed E-state index contributed by atoms with van der Waals surface area (Å²) in [5.41, 5.74) is -0.165. The molecule has 4 nitrogen and oxygen atoms in total. The number of hydrogen-bond donors (Lipinski definition) is 1. The lowest BCUT2D eigenvalue weighted by Gasteiger charge is -2.26. The van der Waals surface area contributed by atoms with E-state index in [2.05, 4.69) is 11.4 Å². The summed E-state index contributed by atoms with van der Waals surface area (Å²) in [6.07, 6.45) is 5.76. The summed E-state index contributed by atoms with van der Waals surface area (Å²) in [7, 11) is 0. The number of amides is 1. The van der Waals surface area contributed by atoms with E-state index in [0.717, 1.165) is 44.3 Å². The predicted octanol–water partition coefficient (Wildman–Crippen LogP) is 3.24. The van der Waals surface area contributed by atoms with Gasteiger partial charge in [0.25, 0.3) is 5.91 Å². The summed E-state index contributed by atoms with van der Waals surface area (Å²) in [4.78, 5) is 12.3. The van der Waals surface area contributed by atoms with Crippen molar-refractivity contribution < 1.29 is 9.21 Å². The first kappa shape index (κ1) is 13.7. The molecular weight excluding hydrogens is 240 g/mol. The molecule has 1 amide bonds. The number of carbonyl (C=O) groups excluding carboxylic acids is 1. The van der Waals surface area contributed by atoms with Gasteiger partial charge in [0.2, 0.25) is 0 Å². The SMILES string of the molecule is Cc1cc(C(=O)NC2(C#N)CCCCCC2)c(C)o1. The molecule has 0 aliphatic heterocycles.